The molecule has 0 radical (unpaired) electrons. The van der Waals surface area contributed by atoms with Crippen molar-refractivity contribution in [2.45, 2.75) is 32.0 Å². The Hall–Kier alpha value is -1.98. The third-order valence-corrected chi connectivity index (χ3v) is 5.27. The highest BCUT2D eigenvalue weighted by atomic mass is 32.1. The molecule has 1 saturated carbocycles. The molecular formula is C18H19N3OS. The smallest absolute Gasteiger partial charge is 0.273 e. The van der Waals surface area contributed by atoms with Gasteiger partial charge in [-0.1, -0.05) is 18.2 Å². The SMILES string of the molecule is Cn1c(=O)c(CN(Cc2cccs2)C2CC2)nc2ccccc21. The molecule has 2 aromatic heterocycles. The summed E-state index contributed by atoms with van der Waals surface area (Å²) >= 11 is 1.77. The summed E-state index contributed by atoms with van der Waals surface area (Å²) < 4.78 is 1.72. The molecule has 0 unspecified atom stereocenters. The molecule has 0 bridgehead atoms. The first kappa shape index (κ1) is 14.6. The summed E-state index contributed by atoms with van der Waals surface area (Å²) in [4.78, 5) is 21.0. The standard InChI is InChI=1S/C18H19N3OS/c1-20-17-7-3-2-6-15(17)19-16(18(20)22)12-21(13-8-9-13)11-14-5-4-10-23-14/h2-7,10,13H,8-9,11-12H2,1H3. The number of aryl methyl sites for hydroxylation is 1. The second-order valence-electron chi connectivity index (χ2n) is 6.13. The van der Waals surface area contributed by atoms with Crippen molar-refractivity contribution in [1.82, 2.24) is 14.5 Å². The predicted molar refractivity (Wildman–Crippen MR) is 93.6 cm³/mol. The van der Waals surface area contributed by atoms with Gasteiger partial charge in [0.15, 0.2) is 0 Å². The van der Waals surface area contributed by atoms with Crippen LogP contribution in [0.4, 0.5) is 0 Å². The van der Waals surface area contributed by atoms with E-state index in [0.717, 1.165) is 17.6 Å². The van der Waals surface area contributed by atoms with Crippen LogP contribution in [0.25, 0.3) is 11.0 Å². The fourth-order valence-electron chi connectivity index (χ4n) is 2.99. The van der Waals surface area contributed by atoms with E-state index in [0.29, 0.717) is 18.3 Å². The van der Waals surface area contributed by atoms with Crippen LogP contribution >= 0.6 is 11.3 Å². The van der Waals surface area contributed by atoms with Crippen LogP contribution in [0.1, 0.15) is 23.4 Å². The van der Waals surface area contributed by atoms with Crippen molar-refractivity contribution >= 4 is 22.4 Å². The van der Waals surface area contributed by atoms with Gasteiger partial charge in [-0.3, -0.25) is 9.69 Å². The number of benzene rings is 1. The van der Waals surface area contributed by atoms with Gasteiger partial charge in [-0.2, -0.15) is 0 Å². The Labute approximate surface area is 139 Å². The molecule has 4 rings (SSSR count). The maximum Gasteiger partial charge on any atom is 0.273 e. The zero-order chi connectivity index (χ0) is 15.8. The van der Waals surface area contributed by atoms with Gasteiger partial charge in [0.1, 0.15) is 5.69 Å². The van der Waals surface area contributed by atoms with Crippen molar-refractivity contribution in [3.8, 4) is 0 Å². The zero-order valence-electron chi connectivity index (χ0n) is 13.1. The number of fused-ring (bicyclic) bond motifs is 1. The molecule has 4 nitrogen and oxygen atoms in total. The van der Waals surface area contributed by atoms with Gasteiger partial charge in [-0.15, -0.1) is 11.3 Å². The molecule has 1 aromatic carbocycles. The lowest BCUT2D eigenvalue weighted by Gasteiger charge is -2.21. The van der Waals surface area contributed by atoms with Gasteiger partial charge < -0.3 is 4.57 Å². The molecule has 23 heavy (non-hydrogen) atoms. The number of aromatic nitrogens is 2. The van der Waals surface area contributed by atoms with Gasteiger partial charge in [0, 0.05) is 31.1 Å². The monoisotopic (exact) mass is 325 g/mol. The number of para-hydroxylation sites is 2. The molecule has 0 saturated heterocycles. The highest BCUT2D eigenvalue weighted by Gasteiger charge is 2.30. The van der Waals surface area contributed by atoms with Crippen LogP contribution in [0.2, 0.25) is 0 Å². The van der Waals surface area contributed by atoms with E-state index in [1.54, 1.807) is 15.9 Å². The Kier molecular flexibility index (Phi) is 3.75. The maximum absolute atomic E-state index is 12.6. The van der Waals surface area contributed by atoms with Gasteiger partial charge in [0.2, 0.25) is 0 Å². The van der Waals surface area contributed by atoms with Crippen LogP contribution in [0.15, 0.2) is 46.6 Å². The van der Waals surface area contributed by atoms with Crippen LogP contribution in [0.5, 0.6) is 0 Å². The second kappa shape index (κ2) is 5.91. The first-order valence-electron chi connectivity index (χ1n) is 7.93. The van der Waals surface area contributed by atoms with E-state index in [4.69, 9.17) is 0 Å². The number of hydrogen-bond donors (Lipinski definition) is 0. The summed E-state index contributed by atoms with van der Waals surface area (Å²) in [5, 5.41) is 2.10. The first-order valence-corrected chi connectivity index (χ1v) is 8.81. The lowest BCUT2D eigenvalue weighted by Crippen LogP contribution is -2.31. The van der Waals surface area contributed by atoms with Gasteiger partial charge in [-0.25, -0.2) is 4.98 Å². The lowest BCUT2D eigenvalue weighted by molar-refractivity contribution is 0.243. The Balaban J connectivity index is 1.67. The van der Waals surface area contributed by atoms with Gasteiger partial charge in [0.25, 0.3) is 5.56 Å². The van der Waals surface area contributed by atoms with Crippen LogP contribution in [0, 0.1) is 0 Å². The van der Waals surface area contributed by atoms with Crippen LogP contribution in [0.3, 0.4) is 0 Å². The van der Waals surface area contributed by atoms with E-state index in [9.17, 15) is 4.79 Å². The number of nitrogens with zero attached hydrogens (tertiary/aromatic N) is 3. The summed E-state index contributed by atoms with van der Waals surface area (Å²) in [7, 11) is 1.83. The molecule has 118 valence electrons. The minimum atomic E-state index is 0.0144. The lowest BCUT2D eigenvalue weighted by atomic mass is 10.2. The number of thiophene rings is 1. The largest absolute Gasteiger partial charge is 0.308 e. The van der Waals surface area contributed by atoms with E-state index in [2.05, 4.69) is 27.4 Å². The Morgan fingerprint density at radius 3 is 2.78 bits per heavy atom. The van der Waals surface area contributed by atoms with Gasteiger partial charge in [0.05, 0.1) is 11.0 Å². The molecule has 5 heteroatoms. The predicted octanol–water partition coefficient (Wildman–Crippen LogP) is 3.16. The van der Waals surface area contributed by atoms with Gasteiger partial charge in [-0.05, 0) is 36.4 Å². The molecule has 0 spiro atoms. The quantitative estimate of drug-likeness (QED) is 0.723. The molecule has 3 aromatic rings. The molecule has 0 N–H and O–H groups in total. The average Bonchev–Trinajstić information content (AvgIpc) is 3.29. The van der Waals surface area contributed by atoms with E-state index < -0.39 is 0 Å². The van der Waals surface area contributed by atoms with Crippen LogP contribution < -0.4 is 5.56 Å². The highest BCUT2D eigenvalue weighted by Crippen LogP contribution is 2.30. The molecule has 1 aliphatic rings. The van der Waals surface area contributed by atoms with E-state index in [-0.39, 0.29) is 5.56 Å². The average molecular weight is 325 g/mol. The third-order valence-electron chi connectivity index (χ3n) is 4.41. The van der Waals surface area contributed by atoms with Crippen molar-refractivity contribution in [3.63, 3.8) is 0 Å². The molecule has 0 aliphatic heterocycles. The van der Waals surface area contributed by atoms with Crippen LogP contribution in [-0.4, -0.2) is 20.5 Å². The van der Waals surface area contributed by atoms with Crippen molar-refractivity contribution in [2.24, 2.45) is 7.05 Å². The van der Waals surface area contributed by atoms with E-state index in [1.165, 1.54) is 17.7 Å². The molecule has 0 atom stereocenters. The minimum Gasteiger partial charge on any atom is -0.308 e. The summed E-state index contributed by atoms with van der Waals surface area (Å²) in [5.41, 5.74) is 2.43. The number of rotatable bonds is 5. The van der Waals surface area contributed by atoms with Crippen LogP contribution in [-0.2, 0) is 20.1 Å². The Morgan fingerprint density at radius 1 is 1.22 bits per heavy atom. The zero-order valence-corrected chi connectivity index (χ0v) is 13.9. The summed E-state index contributed by atoms with van der Waals surface area (Å²) in [6, 6.07) is 12.7. The first-order chi connectivity index (χ1) is 11.2. The fraction of sp³-hybridized carbons (Fsp3) is 0.333. The van der Waals surface area contributed by atoms with Crippen molar-refractivity contribution < 1.29 is 0 Å². The highest BCUT2D eigenvalue weighted by molar-refractivity contribution is 7.09. The van der Waals surface area contributed by atoms with Crippen molar-refractivity contribution in [1.29, 1.82) is 0 Å². The molecular weight excluding hydrogens is 306 g/mol. The Bertz CT molecular complexity index is 881. The van der Waals surface area contributed by atoms with E-state index >= 15 is 0 Å². The molecule has 1 aliphatic carbocycles. The summed E-state index contributed by atoms with van der Waals surface area (Å²) in [6.07, 6.45) is 2.44. The summed E-state index contributed by atoms with van der Waals surface area (Å²) in [6.45, 7) is 1.53. The minimum absolute atomic E-state index is 0.0144. The molecule has 2 heterocycles. The normalized spacial score (nSPS) is 14.7. The van der Waals surface area contributed by atoms with E-state index in [1.807, 2.05) is 31.3 Å². The molecule has 1 fully saturated rings. The third kappa shape index (κ3) is 2.94. The van der Waals surface area contributed by atoms with Crippen molar-refractivity contribution in [3.05, 3.63) is 62.7 Å². The summed E-state index contributed by atoms with van der Waals surface area (Å²) in [5.74, 6) is 0. The Morgan fingerprint density at radius 2 is 2.04 bits per heavy atom. The number of hydrogen-bond acceptors (Lipinski definition) is 4. The van der Waals surface area contributed by atoms with Crippen molar-refractivity contribution in [2.75, 3.05) is 0 Å². The van der Waals surface area contributed by atoms with Gasteiger partial charge >= 0.3 is 0 Å². The molecule has 0 amide bonds. The fourth-order valence-corrected chi connectivity index (χ4v) is 3.72. The topological polar surface area (TPSA) is 38.1 Å². The maximum atomic E-state index is 12.6. The second-order valence-corrected chi connectivity index (χ2v) is 7.16.